The van der Waals surface area contributed by atoms with E-state index in [-0.39, 0.29) is 5.91 Å². The zero-order valence-electron chi connectivity index (χ0n) is 12.2. The molecule has 1 aliphatic heterocycles. The zero-order valence-corrected chi connectivity index (χ0v) is 14.6. The van der Waals surface area contributed by atoms with E-state index in [1.807, 2.05) is 23.0 Å². The van der Waals surface area contributed by atoms with E-state index in [0.29, 0.717) is 6.54 Å². The molecule has 1 amide bonds. The molecular weight excluding hydrogens is 364 g/mol. The van der Waals surface area contributed by atoms with Gasteiger partial charge in [-0.05, 0) is 66.5 Å². The van der Waals surface area contributed by atoms with Gasteiger partial charge in [0.25, 0.3) is 0 Å². The molecule has 0 radical (unpaired) electrons. The van der Waals surface area contributed by atoms with E-state index in [9.17, 15) is 4.79 Å². The Balaban J connectivity index is 1.65. The van der Waals surface area contributed by atoms with Crippen LogP contribution < -0.4 is 10.6 Å². The Hall–Kier alpha value is -1.18. The van der Waals surface area contributed by atoms with Gasteiger partial charge in [-0.15, -0.1) is 11.3 Å². The highest BCUT2D eigenvalue weighted by Gasteiger charge is 2.41. The largest absolute Gasteiger partial charge is 0.354 e. The SMILES string of the molecule is O=C(NCCc1ccc(Br)s1)C1(n2cccn2)CCNCC1. The Morgan fingerprint density at radius 2 is 2.27 bits per heavy atom. The summed E-state index contributed by atoms with van der Waals surface area (Å²) >= 11 is 5.17. The van der Waals surface area contributed by atoms with E-state index < -0.39 is 5.54 Å². The maximum atomic E-state index is 12.8. The van der Waals surface area contributed by atoms with Crippen LogP contribution in [0.1, 0.15) is 17.7 Å². The second-order valence-corrected chi connectivity index (χ2v) is 7.99. The maximum Gasteiger partial charge on any atom is 0.248 e. The van der Waals surface area contributed by atoms with Crippen LogP contribution in [0.4, 0.5) is 0 Å². The van der Waals surface area contributed by atoms with E-state index in [1.54, 1.807) is 17.5 Å². The molecule has 5 nitrogen and oxygen atoms in total. The molecule has 3 rings (SSSR count). The first-order valence-corrected chi connectivity index (χ1v) is 9.05. The van der Waals surface area contributed by atoms with E-state index in [4.69, 9.17) is 0 Å². The van der Waals surface area contributed by atoms with Crippen LogP contribution in [-0.2, 0) is 16.8 Å². The molecule has 0 aliphatic carbocycles. The molecule has 2 aromatic heterocycles. The number of piperidine rings is 1. The smallest absolute Gasteiger partial charge is 0.248 e. The lowest BCUT2D eigenvalue weighted by Crippen LogP contribution is -2.54. The lowest BCUT2D eigenvalue weighted by Gasteiger charge is -2.36. The monoisotopic (exact) mass is 382 g/mol. The quantitative estimate of drug-likeness (QED) is 0.832. The average Bonchev–Trinajstić information content (AvgIpc) is 3.20. The number of amides is 1. The van der Waals surface area contributed by atoms with Gasteiger partial charge >= 0.3 is 0 Å². The Kier molecular flexibility index (Phi) is 4.95. The van der Waals surface area contributed by atoms with Gasteiger partial charge < -0.3 is 10.6 Å². The molecule has 1 aliphatic rings. The van der Waals surface area contributed by atoms with Crippen LogP contribution >= 0.6 is 27.3 Å². The van der Waals surface area contributed by atoms with Crippen LogP contribution in [0, 0.1) is 0 Å². The fourth-order valence-corrected chi connectivity index (χ4v) is 4.36. The standard InChI is InChI=1S/C15H19BrN4OS/c16-13-3-2-12(22-13)4-8-18-14(21)15(5-9-17-10-6-15)20-11-1-7-19-20/h1-3,7,11,17H,4-6,8-10H2,(H,18,21). The number of nitrogens with zero attached hydrogens (tertiary/aromatic N) is 2. The minimum Gasteiger partial charge on any atom is -0.354 e. The second kappa shape index (κ2) is 6.93. The van der Waals surface area contributed by atoms with Crippen molar-refractivity contribution in [3.63, 3.8) is 0 Å². The number of halogens is 1. The average molecular weight is 383 g/mol. The van der Waals surface area contributed by atoms with Gasteiger partial charge in [-0.1, -0.05) is 0 Å². The number of nitrogens with one attached hydrogen (secondary N) is 2. The van der Waals surface area contributed by atoms with Crippen molar-refractivity contribution in [2.75, 3.05) is 19.6 Å². The van der Waals surface area contributed by atoms with Gasteiger partial charge in [-0.3, -0.25) is 9.48 Å². The predicted octanol–water partition coefficient (Wildman–Crippen LogP) is 2.14. The molecular formula is C15H19BrN4OS. The Morgan fingerprint density at radius 1 is 1.45 bits per heavy atom. The fourth-order valence-electron chi connectivity index (χ4n) is 2.87. The van der Waals surface area contributed by atoms with Gasteiger partial charge in [-0.2, -0.15) is 5.10 Å². The van der Waals surface area contributed by atoms with Crippen molar-refractivity contribution in [1.82, 2.24) is 20.4 Å². The summed E-state index contributed by atoms with van der Waals surface area (Å²) in [5.74, 6) is 0.0771. The van der Waals surface area contributed by atoms with Crippen LogP contribution in [0.5, 0.6) is 0 Å². The van der Waals surface area contributed by atoms with Crippen molar-refractivity contribution in [3.8, 4) is 0 Å². The van der Waals surface area contributed by atoms with Gasteiger partial charge in [-0.25, -0.2) is 0 Å². The molecule has 0 spiro atoms. The molecule has 118 valence electrons. The molecule has 0 aromatic carbocycles. The van der Waals surface area contributed by atoms with E-state index in [0.717, 1.165) is 36.1 Å². The predicted molar refractivity (Wildman–Crippen MR) is 91.0 cm³/mol. The summed E-state index contributed by atoms with van der Waals surface area (Å²) in [5, 5.41) is 10.7. The number of carbonyl (C=O) groups is 1. The summed E-state index contributed by atoms with van der Waals surface area (Å²) in [6.07, 6.45) is 6.02. The summed E-state index contributed by atoms with van der Waals surface area (Å²) in [4.78, 5) is 14.1. The molecule has 2 N–H and O–H groups in total. The number of thiophene rings is 1. The highest BCUT2D eigenvalue weighted by atomic mass is 79.9. The maximum absolute atomic E-state index is 12.8. The Bertz CT molecular complexity index is 619. The minimum absolute atomic E-state index is 0.0771. The summed E-state index contributed by atoms with van der Waals surface area (Å²) in [6.45, 7) is 2.33. The molecule has 2 aromatic rings. The van der Waals surface area contributed by atoms with Crippen LogP contribution in [0.15, 0.2) is 34.4 Å². The second-order valence-electron chi connectivity index (χ2n) is 5.44. The third-order valence-corrected chi connectivity index (χ3v) is 5.77. The van der Waals surface area contributed by atoms with E-state index in [2.05, 4.69) is 37.7 Å². The molecule has 3 heterocycles. The lowest BCUT2D eigenvalue weighted by molar-refractivity contribution is -0.131. The van der Waals surface area contributed by atoms with Gasteiger partial charge in [0.2, 0.25) is 5.91 Å². The van der Waals surface area contributed by atoms with Gasteiger partial charge in [0, 0.05) is 23.8 Å². The molecule has 0 saturated carbocycles. The topological polar surface area (TPSA) is 59.0 Å². The van der Waals surface area contributed by atoms with Crippen molar-refractivity contribution < 1.29 is 4.79 Å². The third kappa shape index (κ3) is 3.26. The first-order chi connectivity index (χ1) is 10.7. The van der Waals surface area contributed by atoms with E-state index in [1.165, 1.54) is 4.88 Å². The summed E-state index contributed by atoms with van der Waals surface area (Å²) in [7, 11) is 0. The zero-order chi connectivity index (χ0) is 15.4. The molecule has 22 heavy (non-hydrogen) atoms. The van der Waals surface area contributed by atoms with E-state index >= 15 is 0 Å². The number of hydrogen-bond acceptors (Lipinski definition) is 4. The lowest BCUT2D eigenvalue weighted by atomic mass is 9.87. The number of carbonyl (C=O) groups excluding carboxylic acids is 1. The highest BCUT2D eigenvalue weighted by Crippen LogP contribution is 2.27. The van der Waals surface area contributed by atoms with Crippen molar-refractivity contribution in [1.29, 1.82) is 0 Å². The summed E-state index contributed by atoms with van der Waals surface area (Å²) in [5.41, 5.74) is -0.551. The first-order valence-electron chi connectivity index (χ1n) is 7.44. The molecule has 0 atom stereocenters. The number of aromatic nitrogens is 2. The van der Waals surface area contributed by atoms with Crippen LogP contribution in [0.25, 0.3) is 0 Å². The molecule has 1 fully saturated rings. The number of hydrogen-bond donors (Lipinski definition) is 2. The molecule has 7 heteroatoms. The van der Waals surface area contributed by atoms with Crippen molar-refractivity contribution >= 4 is 33.2 Å². The van der Waals surface area contributed by atoms with Gasteiger partial charge in [0.05, 0.1) is 3.79 Å². The highest BCUT2D eigenvalue weighted by molar-refractivity contribution is 9.11. The molecule has 0 unspecified atom stereocenters. The Morgan fingerprint density at radius 3 is 2.91 bits per heavy atom. The van der Waals surface area contributed by atoms with Gasteiger partial charge in [0.1, 0.15) is 5.54 Å². The minimum atomic E-state index is -0.551. The van der Waals surface area contributed by atoms with Gasteiger partial charge in [0.15, 0.2) is 0 Å². The van der Waals surface area contributed by atoms with Crippen molar-refractivity contribution in [2.45, 2.75) is 24.8 Å². The number of rotatable bonds is 5. The summed E-state index contributed by atoms with van der Waals surface area (Å²) < 4.78 is 2.95. The third-order valence-electron chi connectivity index (χ3n) is 4.08. The van der Waals surface area contributed by atoms with Crippen molar-refractivity contribution in [2.24, 2.45) is 0 Å². The fraction of sp³-hybridized carbons (Fsp3) is 0.467. The first kappa shape index (κ1) is 15.7. The van der Waals surface area contributed by atoms with Crippen LogP contribution in [-0.4, -0.2) is 35.3 Å². The summed E-state index contributed by atoms with van der Waals surface area (Å²) in [6, 6.07) is 6.01. The molecule has 1 saturated heterocycles. The molecule has 0 bridgehead atoms. The normalized spacial score (nSPS) is 17.3. The Labute approximate surface area is 142 Å². The van der Waals surface area contributed by atoms with Crippen LogP contribution in [0.3, 0.4) is 0 Å². The van der Waals surface area contributed by atoms with Crippen LogP contribution in [0.2, 0.25) is 0 Å². The van der Waals surface area contributed by atoms with Crippen molar-refractivity contribution in [3.05, 3.63) is 39.3 Å².